The van der Waals surface area contributed by atoms with Crippen LogP contribution in [0.25, 0.3) is 0 Å². The summed E-state index contributed by atoms with van der Waals surface area (Å²) in [4.78, 5) is 12.5. The first-order valence-electron chi connectivity index (χ1n) is 6.88. The van der Waals surface area contributed by atoms with E-state index in [4.69, 9.17) is 0 Å². The van der Waals surface area contributed by atoms with Crippen molar-refractivity contribution < 1.29 is 9.31 Å². The summed E-state index contributed by atoms with van der Waals surface area (Å²) in [6.45, 7) is 3.34. The molecule has 1 heterocycles. The van der Waals surface area contributed by atoms with Crippen molar-refractivity contribution in [2.45, 2.75) is 19.4 Å². The van der Waals surface area contributed by atoms with Gasteiger partial charge in [-0.3, -0.25) is 10.1 Å². The Balaban J connectivity index is 2.00. The lowest BCUT2D eigenvalue weighted by Crippen LogP contribution is -2.34. The minimum absolute atomic E-state index is 0.0106. The summed E-state index contributed by atoms with van der Waals surface area (Å²) in [7, 11) is 1.93. The normalized spacial score (nSPS) is 16.6. The van der Waals surface area contributed by atoms with E-state index >= 15 is 0 Å². The number of halogens is 1. The number of nitro benzene ring substituents is 1. The van der Waals surface area contributed by atoms with Crippen LogP contribution in [0.5, 0.6) is 0 Å². The number of nitrogens with zero attached hydrogens (tertiary/aromatic N) is 2. The molecule has 1 aromatic carbocycles. The maximum atomic E-state index is 13.3. The molecule has 20 heavy (non-hydrogen) atoms. The summed E-state index contributed by atoms with van der Waals surface area (Å²) >= 11 is 0. The lowest BCUT2D eigenvalue weighted by atomic mass is 9.97. The van der Waals surface area contributed by atoms with Gasteiger partial charge in [0.2, 0.25) is 0 Å². The minimum Gasteiger partial charge on any atom is -0.317 e. The van der Waals surface area contributed by atoms with Gasteiger partial charge >= 0.3 is 0 Å². The van der Waals surface area contributed by atoms with E-state index in [0.29, 0.717) is 18.0 Å². The zero-order valence-electron chi connectivity index (χ0n) is 11.6. The van der Waals surface area contributed by atoms with Crippen molar-refractivity contribution in [2.24, 2.45) is 5.92 Å². The van der Waals surface area contributed by atoms with Crippen LogP contribution in [0.1, 0.15) is 18.4 Å². The molecule has 0 bridgehead atoms. The first kappa shape index (κ1) is 14.9. The van der Waals surface area contributed by atoms with E-state index in [1.165, 1.54) is 12.1 Å². The van der Waals surface area contributed by atoms with Gasteiger partial charge in [0.15, 0.2) is 0 Å². The third kappa shape index (κ3) is 3.98. The molecule has 0 amide bonds. The number of rotatable bonds is 5. The third-order valence-corrected chi connectivity index (χ3v) is 3.71. The molecule has 0 aromatic heterocycles. The second-order valence-corrected chi connectivity index (χ2v) is 5.42. The Kier molecular flexibility index (Phi) is 5.03. The van der Waals surface area contributed by atoms with Gasteiger partial charge in [-0.25, -0.2) is 4.39 Å². The molecule has 1 aliphatic heterocycles. The molecule has 0 radical (unpaired) electrons. The third-order valence-electron chi connectivity index (χ3n) is 3.71. The Labute approximate surface area is 117 Å². The molecule has 1 saturated heterocycles. The van der Waals surface area contributed by atoms with E-state index in [9.17, 15) is 14.5 Å². The van der Waals surface area contributed by atoms with Crippen molar-refractivity contribution in [3.63, 3.8) is 0 Å². The summed E-state index contributed by atoms with van der Waals surface area (Å²) in [6.07, 6.45) is 2.24. The van der Waals surface area contributed by atoms with Gasteiger partial charge in [-0.2, -0.15) is 0 Å². The number of hydrogen-bond donors (Lipinski definition) is 1. The second-order valence-electron chi connectivity index (χ2n) is 5.42. The van der Waals surface area contributed by atoms with Gasteiger partial charge in [0.05, 0.1) is 4.92 Å². The van der Waals surface area contributed by atoms with Crippen LogP contribution in [0.15, 0.2) is 18.2 Å². The highest BCUT2D eigenvalue weighted by molar-refractivity contribution is 5.40. The van der Waals surface area contributed by atoms with E-state index in [0.717, 1.165) is 38.5 Å². The quantitative estimate of drug-likeness (QED) is 0.664. The zero-order valence-corrected chi connectivity index (χ0v) is 11.6. The topological polar surface area (TPSA) is 58.4 Å². The predicted octanol–water partition coefficient (Wildman–Crippen LogP) is 2.17. The zero-order chi connectivity index (χ0) is 14.5. The van der Waals surface area contributed by atoms with E-state index in [2.05, 4.69) is 5.32 Å². The maximum absolute atomic E-state index is 13.3. The standard InChI is InChI=1S/C14H20FN3O2/c1-17(9-11-4-6-16-7-5-11)10-12-8-13(15)2-3-14(12)18(19)20/h2-3,8,11,16H,4-7,9-10H2,1H3. The smallest absolute Gasteiger partial charge is 0.274 e. The predicted molar refractivity (Wildman–Crippen MR) is 75.0 cm³/mol. The average Bonchev–Trinajstić information content (AvgIpc) is 2.39. The fourth-order valence-corrected chi connectivity index (χ4v) is 2.72. The summed E-state index contributed by atoms with van der Waals surface area (Å²) < 4.78 is 13.3. The molecule has 1 N–H and O–H groups in total. The summed E-state index contributed by atoms with van der Waals surface area (Å²) in [6, 6.07) is 3.63. The van der Waals surface area contributed by atoms with E-state index < -0.39 is 10.7 Å². The largest absolute Gasteiger partial charge is 0.317 e. The molecule has 0 atom stereocenters. The molecule has 6 heteroatoms. The van der Waals surface area contributed by atoms with Crippen LogP contribution in [-0.2, 0) is 6.54 Å². The monoisotopic (exact) mass is 281 g/mol. The highest BCUT2D eigenvalue weighted by atomic mass is 19.1. The Bertz CT molecular complexity index is 475. The number of piperidine rings is 1. The molecule has 2 rings (SSSR count). The highest BCUT2D eigenvalue weighted by Crippen LogP contribution is 2.22. The van der Waals surface area contributed by atoms with Gasteiger partial charge < -0.3 is 10.2 Å². The Hall–Kier alpha value is -1.53. The van der Waals surface area contributed by atoms with Gasteiger partial charge in [0.1, 0.15) is 5.82 Å². The molecule has 0 unspecified atom stereocenters. The first-order valence-corrected chi connectivity index (χ1v) is 6.88. The highest BCUT2D eigenvalue weighted by Gasteiger charge is 2.19. The summed E-state index contributed by atoms with van der Waals surface area (Å²) in [5, 5.41) is 14.3. The molecule has 0 spiro atoms. The Morgan fingerprint density at radius 1 is 1.45 bits per heavy atom. The van der Waals surface area contributed by atoms with Gasteiger partial charge in [-0.1, -0.05) is 0 Å². The molecule has 1 aliphatic rings. The van der Waals surface area contributed by atoms with Gasteiger partial charge in [0.25, 0.3) is 5.69 Å². The average molecular weight is 281 g/mol. The van der Waals surface area contributed by atoms with Gasteiger partial charge in [-0.05, 0) is 51.0 Å². The molecule has 0 saturated carbocycles. The Morgan fingerprint density at radius 3 is 2.80 bits per heavy atom. The van der Waals surface area contributed by atoms with Crippen LogP contribution in [-0.4, -0.2) is 36.5 Å². The van der Waals surface area contributed by atoms with Crippen LogP contribution in [0.3, 0.4) is 0 Å². The SMILES string of the molecule is CN(Cc1cc(F)ccc1[N+](=O)[O-])CC1CCNCC1. The van der Waals surface area contributed by atoms with Crippen LogP contribution < -0.4 is 5.32 Å². The molecular weight excluding hydrogens is 261 g/mol. The van der Waals surface area contributed by atoms with Crippen molar-refractivity contribution in [1.29, 1.82) is 0 Å². The fraction of sp³-hybridized carbons (Fsp3) is 0.571. The number of nitro groups is 1. The Morgan fingerprint density at radius 2 is 2.15 bits per heavy atom. The summed E-state index contributed by atoms with van der Waals surface area (Å²) in [5.74, 6) is 0.176. The van der Waals surface area contributed by atoms with Crippen molar-refractivity contribution in [1.82, 2.24) is 10.2 Å². The lowest BCUT2D eigenvalue weighted by molar-refractivity contribution is -0.385. The maximum Gasteiger partial charge on any atom is 0.274 e. The van der Waals surface area contributed by atoms with Crippen LogP contribution in [0, 0.1) is 21.8 Å². The van der Waals surface area contributed by atoms with Gasteiger partial charge in [-0.15, -0.1) is 0 Å². The van der Waals surface area contributed by atoms with Gasteiger partial charge in [0, 0.05) is 24.7 Å². The van der Waals surface area contributed by atoms with Crippen molar-refractivity contribution >= 4 is 5.69 Å². The van der Waals surface area contributed by atoms with E-state index in [1.807, 2.05) is 11.9 Å². The number of nitrogens with one attached hydrogen (secondary N) is 1. The van der Waals surface area contributed by atoms with Crippen molar-refractivity contribution in [3.8, 4) is 0 Å². The molecule has 110 valence electrons. The van der Waals surface area contributed by atoms with Crippen molar-refractivity contribution in [3.05, 3.63) is 39.7 Å². The van der Waals surface area contributed by atoms with E-state index in [-0.39, 0.29) is 5.69 Å². The number of benzene rings is 1. The number of hydrogen-bond acceptors (Lipinski definition) is 4. The minimum atomic E-state index is -0.451. The first-order chi connectivity index (χ1) is 9.56. The second kappa shape index (κ2) is 6.76. The molecule has 0 aliphatic carbocycles. The molecule has 1 fully saturated rings. The lowest BCUT2D eigenvalue weighted by Gasteiger charge is -2.27. The molecular formula is C14H20FN3O2. The van der Waals surface area contributed by atoms with E-state index in [1.54, 1.807) is 0 Å². The van der Waals surface area contributed by atoms with Crippen LogP contribution in [0.4, 0.5) is 10.1 Å². The van der Waals surface area contributed by atoms with Crippen molar-refractivity contribution in [2.75, 3.05) is 26.7 Å². The van der Waals surface area contributed by atoms with Crippen LogP contribution >= 0.6 is 0 Å². The van der Waals surface area contributed by atoms with Crippen LogP contribution in [0.2, 0.25) is 0 Å². The molecule has 5 nitrogen and oxygen atoms in total. The summed E-state index contributed by atoms with van der Waals surface area (Å²) in [5.41, 5.74) is 0.426. The molecule has 1 aromatic rings. The fourth-order valence-electron chi connectivity index (χ4n) is 2.72.